The second-order valence-corrected chi connectivity index (χ2v) is 9.37. The van der Waals surface area contributed by atoms with E-state index in [1.807, 2.05) is 55.2 Å². The first-order chi connectivity index (χ1) is 14.4. The molecule has 3 heterocycles. The van der Waals surface area contributed by atoms with Gasteiger partial charge in [0.2, 0.25) is 5.91 Å². The highest BCUT2D eigenvalue weighted by Gasteiger charge is 2.17. The maximum Gasteiger partial charge on any atom is 0.233 e. The van der Waals surface area contributed by atoms with Crippen molar-refractivity contribution in [1.82, 2.24) is 24.6 Å². The van der Waals surface area contributed by atoms with Gasteiger partial charge in [-0.05, 0) is 38.5 Å². The molecule has 1 amide bonds. The molecule has 0 N–H and O–H groups in total. The normalized spacial score (nSPS) is 11.2. The Morgan fingerprint density at radius 3 is 2.70 bits per heavy atom. The molecule has 6 nitrogen and oxygen atoms in total. The Hall–Kier alpha value is -2.71. The van der Waals surface area contributed by atoms with Crippen molar-refractivity contribution >= 4 is 39.2 Å². The highest BCUT2D eigenvalue weighted by molar-refractivity contribution is 8.00. The van der Waals surface area contributed by atoms with Crippen LogP contribution in [-0.4, -0.2) is 43.4 Å². The number of aryl methyl sites for hydroxylation is 3. The van der Waals surface area contributed by atoms with Crippen LogP contribution in [0.4, 0.5) is 0 Å². The first kappa shape index (κ1) is 20.6. The van der Waals surface area contributed by atoms with Crippen molar-refractivity contribution in [2.75, 3.05) is 12.8 Å². The van der Waals surface area contributed by atoms with E-state index >= 15 is 0 Å². The number of carbonyl (C=O) groups is 1. The van der Waals surface area contributed by atoms with Crippen LogP contribution in [0.1, 0.15) is 21.8 Å². The molecular formula is C22H23N5OS2. The SMILES string of the molecule is Cc1nc(SCC(=O)N(C)Cc2cnn(-c3ccccc3)c2)c2c(C)c(C)sc2n1. The highest BCUT2D eigenvalue weighted by atomic mass is 32.2. The number of thiophene rings is 1. The van der Waals surface area contributed by atoms with Gasteiger partial charge in [0, 0.05) is 35.6 Å². The topological polar surface area (TPSA) is 63.9 Å². The maximum absolute atomic E-state index is 12.7. The number of benzene rings is 1. The lowest BCUT2D eigenvalue weighted by Gasteiger charge is -2.16. The first-order valence-corrected chi connectivity index (χ1v) is 11.4. The minimum absolute atomic E-state index is 0.0569. The van der Waals surface area contributed by atoms with Crippen LogP contribution in [0.25, 0.3) is 15.9 Å². The van der Waals surface area contributed by atoms with Gasteiger partial charge in [-0.1, -0.05) is 30.0 Å². The fraction of sp³-hybridized carbons (Fsp3) is 0.273. The highest BCUT2D eigenvalue weighted by Crippen LogP contribution is 2.35. The summed E-state index contributed by atoms with van der Waals surface area (Å²) in [5.74, 6) is 1.13. The number of hydrogen-bond donors (Lipinski definition) is 0. The van der Waals surface area contributed by atoms with E-state index in [0.29, 0.717) is 12.3 Å². The lowest BCUT2D eigenvalue weighted by atomic mass is 10.2. The molecule has 4 rings (SSSR count). The molecule has 0 aliphatic heterocycles. The molecule has 154 valence electrons. The van der Waals surface area contributed by atoms with E-state index in [4.69, 9.17) is 0 Å². The molecule has 3 aromatic heterocycles. The summed E-state index contributed by atoms with van der Waals surface area (Å²) in [6.07, 6.45) is 3.76. The molecular weight excluding hydrogens is 414 g/mol. The van der Waals surface area contributed by atoms with Crippen LogP contribution in [0.2, 0.25) is 0 Å². The molecule has 8 heteroatoms. The molecule has 0 radical (unpaired) electrons. The number of para-hydroxylation sites is 1. The van der Waals surface area contributed by atoms with Crippen molar-refractivity contribution in [2.24, 2.45) is 0 Å². The Labute approximate surface area is 184 Å². The van der Waals surface area contributed by atoms with Gasteiger partial charge in [0.05, 0.1) is 17.6 Å². The molecule has 0 aliphatic carbocycles. The van der Waals surface area contributed by atoms with Gasteiger partial charge < -0.3 is 4.90 Å². The fourth-order valence-corrected chi connectivity index (χ4v) is 5.40. The van der Waals surface area contributed by atoms with E-state index in [0.717, 1.165) is 32.3 Å². The number of rotatable bonds is 6. The van der Waals surface area contributed by atoms with Crippen LogP contribution in [0, 0.1) is 20.8 Å². The van der Waals surface area contributed by atoms with E-state index < -0.39 is 0 Å². The predicted octanol–water partition coefficient (Wildman–Crippen LogP) is 4.55. The number of aromatic nitrogens is 4. The molecule has 0 atom stereocenters. The van der Waals surface area contributed by atoms with Crippen LogP contribution in [0.5, 0.6) is 0 Å². The minimum atomic E-state index is 0.0569. The molecule has 0 saturated heterocycles. The summed E-state index contributed by atoms with van der Waals surface area (Å²) in [4.78, 5) is 25.9. The molecule has 0 spiro atoms. The monoisotopic (exact) mass is 437 g/mol. The lowest BCUT2D eigenvalue weighted by molar-refractivity contribution is -0.127. The number of thioether (sulfide) groups is 1. The van der Waals surface area contributed by atoms with E-state index in [9.17, 15) is 4.79 Å². The average Bonchev–Trinajstić information content (AvgIpc) is 3.31. The van der Waals surface area contributed by atoms with Crippen molar-refractivity contribution in [3.63, 3.8) is 0 Å². The third-order valence-electron chi connectivity index (χ3n) is 4.94. The average molecular weight is 438 g/mol. The second-order valence-electron chi connectivity index (χ2n) is 7.21. The molecule has 0 aliphatic rings. The van der Waals surface area contributed by atoms with Gasteiger partial charge >= 0.3 is 0 Å². The van der Waals surface area contributed by atoms with E-state index in [1.165, 1.54) is 22.2 Å². The smallest absolute Gasteiger partial charge is 0.233 e. The zero-order chi connectivity index (χ0) is 21.3. The summed E-state index contributed by atoms with van der Waals surface area (Å²) in [5.41, 5.74) is 3.19. The third-order valence-corrected chi connectivity index (χ3v) is 7.00. The Morgan fingerprint density at radius 1 is 1.17 bits per heavy atom. The number of fused-ring (bicyclic) bond motifs is 1. The minimum Gasteiger partial charge on any atom is -0.341 e. The molecule has 0 bridgehead atoms. The van der Waals surface area contributed by atoms with Gasteiger partial charge in [0.25, 0.3) is 0 Å². The number of nitrogens with zero attached hydrogens (tertiary/aromatic N) is 5. The van der Waals surface area contributed by atoms with Gasteiger partial charge in [0.15, 0.2) is 0 Å². The van der Waals surface area contributed by atoms with E-state index in [1.54, 1.807) is 22.4 Å². The van der Waals surface area contributed by atoms with Crippen LogP contribution >= 0.6 is 23.1 Å². The van der Waals surface area contributed by atoms with Crippen molar-refractivity contribution in [1.29, 1.82) is 0 Å². The van der Waals surface area contributed by atoms with Crippen LogP contribution in [-0.2, 0) is 11.3 Å². The Bertz CT molecular complexity index is 1200. The predicted molar refractivity (Wildman–Crippen MR) is 122 cm³/mol. The van der Waals surface area contributed by atoms with Gasteiger partial charge in [0.1, 0.15) is 15.7 Å². The molecule has 0 saturated carbocycles. The molecule has 1 aromatic carbocycles. The molecule has 4 aromatic rings. The van der Waals surface area contributed by atoms with Gasteiger partial charge in [-0.3, -0.25) is 4.79 Å². The summed E-state index contributed by atoms with van der Waals surface area (Å²) in [7, 11) is 1.82. The number of carbonyl (C=O) groups excluding carboxylic acids is 1. The van der Waals surface area contributed by atoms with E-state index in [-0.39, 0.29) is 5.91 Å². The van der Waals surface area contributed by atoms with Gasteiger partial charge in [-0.2, -0.15) is 5.10 Å². The zero-order valence-corrected chi connectivity index (χ0v) is 19.0. The van der Waals surface area contributed by atoms with Crippen molar-refractivity contribution < 1.29 is 4.79 Å². The standard InChI is InChI=1S/C22H23N5OS2/c1-14-15(2)30-22-20(14)21(24-16(3)25-22)29-13-19(28)26(4)11-17-10-23-27(12-17)18-8-6-5-7-9-18/h5-10,12H,11,13H2,1-4H3. The third kappa shape index (κ3) is 4.24. The molecule has 0 fully saturated rings. The van der Waals surface area contributed by atoms with Crippen molar-refractivity contribution in [3.8, 4) is 5.69 Å². The van der Waals surface area contributed by atoms with Crippen LogP contribution in [0.3, 0.4) is 0 Å². The summed E-state index contributed by atoms with van der Waals surface area (Å²) < 4.78 is 1.82. The van der Waals surface area contributed by atoms with Crippen molar-refractivity contribution in [2.45, 2.75) is 32.3 Å². The summed E-state index contributed by atoms with van der Waals surface area (Å²) in [6, 6.07) is 9.93. The summed E-state index contributed by atoms with van der Waals surface area (Å²) in [6.45, 7) is 6.60. The fourth-order valence-electron chi connectivity index (χ4n) is 3.18. The zero-order valence-electron chi connectivity index (χ0n) is 17.4. The Morgan fingerprint density at radius 2 is 1.93 bits per heavy atom. The summed E-state index contributed by atoms with van der Waals surface area (Å²) in [5, 5.41) is 6.37. The largest absolute Gasteiger partial charge is 0.341 e. The molecule has 0 unspecified atom stereocenters. The van der Waals surface area contributed by atoms with Crippen LogP contribution < -0.4 is 0 Å². The Kier molecular flexibility index (Phi) is 5.87. The maximum atomic E-state index is 12.7. The second kappa shape index (κ2) is 8.57. The number of hydrogen-bond acceptors (Lipinski definition) is 6. The van der Waals surface area contributed by atoms with Crippen LogP contribution in [0.15, 0.2) is 47.8 Å². The van der Waals surface area contributed by atoms with Gasteiger partial charge in [-0.25, -0.2) is 14.6 Å². The quantitative estimate of drug-likeness (QED) is 0.327. The summed E-state index contributed by atoms with van der Waals surface area (Å²) >= 11 is 3.16. The van der Waals surface area contributed by atoms with E-state index in [2.05, 4.69) is 28.9 Å². The first-order valence-electron chi connectivity index (χ1n) is 9.62. The Balaban J connectivity index is 1.43. The molecule has 30 heavy (non-hydrogen) atoms. The lowest BCUT2D eigenvalue weighted by Crippen LogP contribution is -2.27. The number of amides is 1. The van der Waals surface area contributed by atoms with Crippen molar-refractivity contribution in [3.05, 3.63) is 64.6 Å². The van der Waals surface area contributed by atoms with Gasteiger partial charge in [-0.15, -0.1) is 11.3 Å².